The van der Waals surface area contributed by atoms with E-state index < -0.39 is 10.0 Å². The second-order valence-electron chi connectivity index (χ2n) is 6.61. The normalized spacial score (nSPS) is 12.0. The van der Waals surface area contributed by atoms with Crippen molar-refractivity contribution in [2.75, 3.05) is 49.7 Å². The molecule has 0 saturated carbocycles. The van der Waals surface area contributed by atoms with E-state index in [0.717, 1.165) is 54.7 Å². The summed E-state index contributed by atoms with van der Waals surface area (Å²) in [4.78, 5) is 11.3. The second-order valence-corrected chi connectivity index (χ2v) is 8.44. The van der Waals surface area contributed by atoms with E-state index in [9.17, 15) is 8.42 Å². The van der Waals surface area contributed by atoms with E-state index in [2.05, 4.69) is 39.9 Å². The van der Waals surface area contributed by atoms with Gasteiger partial charge < -0.3 is 19.9 Å². The molecule has 0 bridgehead atoms. The standard InChI is InChI=1S/C18H32N6O3S/c1-5-8-15-22-16-17(14(13-20-18(16)19)23(6-2)7-3)24(15)10-12-27-11-9-21-28(4,25)26/h13,21H,5-12H2,1-4H3,(H2,19,20). The quantitative estimate of drug-likeness (QED) is 0.506. The van der Waals surface area contributed by atoms with Crippen LogP contribution in [0.1, 0.15) is 33.0 Å². The van der Waals surface area contributed by atoms with E-state index in [-0.39, 0.29) is 6.54 Å². The Morgan fingerprint density at radius 3 is 2.57 bits per heavy atom. The summed E-state index contributed by atoms with van der Waals surface area (Å²) in [5, 5.41) is 0. The first-order chi connectivity index (χ1) is 13.3. The fraction of sp³-hybridized carbons (Fsp3) is 0.667. The van der Waals surface area contributed by atoms with Gasteiger partial charge in [0.2, 0.25) is 10.0 Å². The molecule has 0 unspecified atom stereocenters. The SMILES string of the molecule is CCCc1nc2c(N)ncc(N(CC)CC)c2n1CCOCCNS(C)(=O)=O. The Morgan fingerprint density at radius 2 is 1.96 bits per heavy atom. The van der Waals surface area contributed by atoms with E-state index in [0.29, 0.717) is 25.6 Å². The Kier molecular flexibility index (Phi) is 8.02. The van der Waals surface area contributed by atoms with E-state index >= 15 is 0 Å². The maximum Gasteiger partial charge on any atom is 0.208 e. The molecule has 0 fully saturated rings. The zero-order valence-electron chi connectivity index (χ0n) is 17.2. The van der Waals surface area contributed by atoms with Crippen molar-refractivity contribution in [2.24, 2.45) is 0 Å². The Balaban J connectivity index is 2.26. The number of nitrogens with one attached hydrogen (secondary N) is 1. The molecule has 0 spiro atoms. The van der Waals surface area contributed by atoms with Gasteiger partial charge >= 0.3 is 0 Å². The van der Waals surface area contributed by atoms with Crippen LogP contribution in [0.4, 0.5) is 11.5 Å². The van der Waals surface area contributed by atoms with Gasteiger partial charge in [0.05, 0.1) is 36.9 Å². The monoisotopic (exact) mass is 412 g/mol. The van der Waals surface area contributed by atoms with Crippen LogP contribution in [0.2, 0.25) is 0 Å². The van der Waals surface area contributed by atoms with Crippen molar-refractivity contribution in [2.45, 2.75) is 40.2 Å². The third-order valence-corrected chi connectivity index (χ3v) is 5.23. The maximum absolute atomic E-state index is 11.1. The number of ether oxygens (including phenoxy) is 1. The molecule has 0 saturated heterocycles. The fourth-order valence-electron chi connectivity index (χ4n) is 3.20. The Morgan fingerprint density at radius 1 is 1.25 bits per heavy atom. The highest BCUT2D eigenvalue weighted by molar-refractivity contribution is 7.88. The molecular formula is C18H32N6O3S. The summed E-state index contributed by atoms with van der Waals surface area (Å²) >= 11 is 0. The van der Waals surface area contributed by atoms with Gasteiger partial charge in [0.15, 0.2) is 5.82 Å². The second kappa shape index (κ2) is 10.0. The van der Waals surface area contributed by atoms with Crippen LogP contribution in [0, 0.1) is 0 Å². The molecule has 3 N–H and O–H groups in total. The van der Waals surface area contributed by atoms with Crippen molar-refractivity contribution in [1.29, 1.82) is 0 Å². The van der Waals surface area contributed by atoms with Gasteiger partial charge in [0.25, 0.3) is 0 Å². The fourth-order valence-corrected chi connectivity index (χ4v) is 3.65. The van der Waals surface area contributed by atoms with Gasteiger partial charge in [-0.05, 0) is 20.3 Å². The molecular weight excluding hydrogens is 380 g/mol. The number of nitrogen functional groups attached to an aromatic ring is 1. The zero-order chi connectivity index (χ0) is 20.7. The van der Waals surface area contributed by atoms with Crippen molar-refractivity contribution in [3.05, 3.63) is 12.0 Å². The minimum atomic E-state index is -3.19. The Labute approximate surface area is 167 Å². The third kappa shape index (κ3) is 5.55. The number of sulfonamides is 1. The first-order valence-corrected chi connectivity index (χ1v) is 11.6. The van der Waals surface area contributed by atoms with Gasteiger partial charge in [0.1, 0.15) is 11.3 Å². The van der Waals surface area contributed by atoms with Crippen molar-refractivity contribution in [3.63, 3.8) is 0 Å². The lowest BCUT2D eigenvalue weighted by atomic mass is 10.3. The molecule has 0 radical (unpaired) electrons. The highest BCUT2D eigenvalue weighted by atomic mass is 32.2. The molecule has 0 amide bonds. The number of nitrogens with two attached hydrogens (primary N) is 1. The molecule has 0 aliphatic heterocycles. The molecule has 0 aromatic carbocycles. The van der Waals surface area contributed by atoms with Gasteiger partial charge in [-0.15, -0.1) is 0 Å². The molecule has 2 rings (SSSR count). The van der Waals surface area contributed by atoms with Gasteiger partial charge in [-0.3, -0.25) is 0 Å². The number of hydrogen-bond acceptors (Lipinski definition) is 7. The molecule has 10 heteroatoms. The van der Waals surface area contributed by atoms with Gasteiger partial charge in [-0.2, -0.15) is 0 Å². The van der Waals surface area contributed by atoms with Gasteiger partial charge in [-0.1, -0.05) is 6.92 Å². The molecule has 28 heavy (non-hydrogen) atoms. The van der Waals surface area contributed by atoms with Gasteiger partial charge in [0, 0.05) is 32.6 Å². The van der Waals surface area contributed by atoms with Crippen molar-refractivity contribution >= 4 is 32.6 Å². The third-order valence-electron chi connectivity index (χ3n) is 4.51. The molecule has 0 aliphatic carbocycles. The van der Waals surface area contributed by atoms with Crippen LogP contribution in [0.15, 0.2) is 6.20 Å². The number of aryl methyl sites for hydroxylation is 1. The summed E-state index contributed by atoms with van der Waals surface area (Å²) in [5.41, 5.74) is 8.85. The van der Waals surface area contributed by atoms with Crippen molar-refractivity contribution < 1.29 is 13.2 Å². The average Bonchev–Trinajstić information content (AvgIpc) is 2.99. The number of imidazole rings is 1. The number of rotatable bonds is 12. The average molecular weight is 413 g/mol. The summed E-state index contributed by atoms with van der Waals surface area (Å²) in [6.07, 6.45) is 4.75. The van der Waals surface area contributed by atoms with Crippen LogP contribution >= 0.6 is 0 Å². The topological polar surface area (TPSA) is 115 Å². The van der Waals surface area contributed by atoms with Crippen LogP contribution in [0.3, 0.4) is 0 Å². The highest BCUT2D eigenvalue weighted by Gasteiger charge is 2.19. The highest BCUT2D eigenvalue weighted by Crippen LogP contribution is 2.30. The van der Waals surface area contributed by atoms with Crippen LogP contribution in [-0.4, -0.2) is 62.1 Å². The number of anilines is 2. The largest absolute Gasteiger partial charge is 0.382 e. The minimum absolute atomic E-state index is 0.257. The predicted molar refractivity (Wildman–Crippen MR) is 113 cm³/mol. The van der Waals surface area contributed by atoms with Gasteiger partial charge in [-0.25, -0.2) is 23.1 Å². The Bertz CT molecular complexity index is 877. The summed E-state index contributed by atoms with van der Waals surface area (Å²) in [6.45, 7) is 9.69. The summed E-state index contributed by atoms with van der Waals surface area (Å²) in [5.74, 6) is 1.39. The summed E-state index contributed by atoms with van der Waals surface area (Å²) < 4.78 is 32.4. The van der Waals surface area contributed by atoms with Crippen molar-refractivity contribution in [3.8, 4) is 0 Å². The molecule has 2 heterocycles. The van der Waals surface area contributed by atoms with E-state index in [1.807, 2.05) is 6.20 Å². The van der Waals surface area contributed by atoms with E-state index in [4.69, 9.17) is 15.5 Å². The summed E-state index contributed by atoms with van der Waals surface area (Å²) in [6, 6.07) is 0. The van der Waals surface area contributed by atoms with Crippen molar-refractivity contribution in [1.82, 2.24) is 19.3 Å². The predicted octanol–water partition coefficient (Wildman–Crippen LogP) is 1.38. The van der Waals surface area contributed by atoms with Crippen LogP contribution in [0.5, 0.6) is 0 Å². The van der Waals surface area contributed by atoms with E-state index in [1.54, 1.807) is 0 Å². The smallest absolute Gasteiger partial charge is 0.208 e. The minimum Gasteiger partial charge on any atom is -0.382 e. The molecule has 158 valence electrons. The lowest BCUT2D eigenvalue weighted by Gasteiger charge is -2.23. The molecule has 0 atom stereocenters. The number of fused-ring (bicyclic) bond motifs is 1. The van der Waals surface area contributed by atoms with Crippen LogP contribution in [-0.2, 0) is 27.7 Å². The van der Waals surface area contributed by atoms with E-state index in [1.165, 1.54) is 0 Å². The lowest BCUT2D eigenvalue weighted by Crippen LogP contribution is -2.26. The number of nitrogens with zero attached hydrogens (tertiary/aromatic N) is 4. The lowest BCUT2D eigenvalue weighted by molar-refractivity contribution is 0.131. The number of hydrogen-bond donors (Lipinski definition) is 2. The Hall–Kier alpha value is -1.91. The zero-order valence-corrected chi connectivity index (χ0v) is 18.0. The van der Waals surface area contributed by atoms with Crippen LogP contribution < -0.4 is 15.4 Å². The molecule has 0 aliphatic rings. The van der Waals surface area contributed by atoms with Crippen LogP contribution in [0.25, 0.3) is 11.0 Å². The summed E-state index contributed by atoms with van der Waals surface area (Å²) in [7, 11) is -3.19. The number of pyridine rings is 1. The first-order valence-electron chi connectivity index (χ1n) is 9.73. The molecule has 2 aromatic rings. The number of aromatic nitrogens is 3. The maximum atomic E-state index is 11.1. The first kappa shape index (κ1) is 22.4. The molecule has 2 aromatic heterocycles. The molecule has 9 nitrogen and oxygen atoms in total.